The Morgan fingerprint density at radius 1 is 1.35 bits per heavy atom. The summed E-state index contributed by atoms with van der Waals surface area (Å²) in [6.45, 7) is 0.0273. The van der Waals surface area contributed by atoms with Gasteiger partial charge in [-0.05, 0) is 18.2 Å². The molecule has 3 aromatic rings. The number of aromatic nitrogens is 2. The minimum Gasteiger partial charge on any atom is -0.467 e. The standard InChI is InChI=1S/C16H14ClN3O3/c17-12-5-2-1-4-10(12)15-11(8-19-20-15)16(22)18-9-13(21)14-6-3-7-23-14/h1-8,13,21H,9H2,(H,18,22)(H,19,20)/t13-/m0/s1. The largest absolute Gasteiger partial charge is 0.467 e. The Morgan fingerprint density at radius 2 is 2.17 bits per heavy atom. The second-order valence-electron chi connectivity index (χ2n) is 4.88. The zero-order chi connectivity index (χ0) is 16.2. The molecule has 1 aromatic carbocycles. The van der Waals surface area contributed by atoms with Gasteiger partial charge in [-0.2, -0.15) is 5.10 Å². The van der Waals surface area contributed by atoms with Crippen molar-refractivity contribution < 1.29 is 14.3 Å². The van der Waals surface area contributed by atoms with Crippen molar-refractivity contribution in [3.8, 4) is 11.3 Å². The van der Waals surface area contributed by atoms with Gasteiger partial charge in [0, 0.05) is 10.6 Å². The zero-order valence-corrected chi connectivity index (χ0v) is 12.7. The van der Waals surface area contributed by atoms with Gasteiger partial charge in [0.25, 0.3) is 5.91 Å². The first kappa shape index (κ1) is 15.3. The molecule has 23 heavy (non-hydrogen) atoms. The maximum Gasteiger partial charge on any atom is 0.255 e. The summed E-state index contributed by atoms with van der Waals surface area (Å²) in [4.78, 5) is 12.3. The van der Waals surface area contributed by atoms with Gasteiger partial charge in [0.1, 0.15) is 11.9 Å². The van der Waals surface area contributed by atoms with Gasteiger partial charge in [-0.15, -0.1) is 0 Å². The van der Waals surface area contributed by atoms with Gasteiger partial charge in [0.2, 0.25) is 0 Å². The first-order valence-electron chi connectivity index (χ1n) is 6.94. The highest BCUT2D eigenvalue weighted by Crippen LogP contribution is 2.28. The third kappa shape index (κ3) is 3.28. The van der Waals surface area contributed by atoms with Crippen LogP contribution in [0.15, 0.2) is 53.3 Å². The first-order valence-corrected chi connectivity index (χ1v) is 7.32. The molecular formula is C16H14ClN3O3. The van der Waals surface area contributed by atoms with Gasteiger partial charge < -0.3 is 14.8 Å². The van der Waals surface area contributed by atoms with Crippen LogP contribution in [0.5, 0.6) is 0 Å². The van der Waals surface area contributed by atoms with Crippen LogP contribution >= 0.6 is 11.6 Å². The Hall–Kier alpha value is -2.57. The zero-order valence-electron chi connectivity index (χ0n) is 12.0. The molecule has 7 heteroatoms. The smallest absolute Gasteiger partial charge is 0.255 e. The maximum absolute atomic E-state index is 12.3. The molecule has 0 unspecified atom stereocenters. The molecule has 0 spiro atoms. The van der Waals surface area contributed by atoms with Crippen molar-refractivity contribution in [3.05, 3.63) is 65.2 Å². The number of halogens is 1. The van der Waals surface area contributed by atoms with Crippen LogP contribution in [0.25, 0.3) is 11.3 Å². The number of aliphatic hydroxyl groups excluding tert-OH is 1. The summed E-state index contributed by atoms with van der Waals surface area (Å²) in [5.74, 6) is 0.0306. The fraction of sp³-hybridized carbons (Fsp3) is 0.125. The summed E-state index contributed by atoms with van der Waals surface area (Å²) in [6.07, 6.45) is 1.98. The second kappa shape index (κ2) is 6.68. The van der Waals surface area contributed by atoms with Gasteiger partial charge in [0.15, 0.2) is 0 Å². The fourth-order valence-electron chi connectivity index (χ4n) is 2.19. The van der Waals surface area contributed by atoms with E-state index in [1.54, 1.807) is 24.3 Å². The number of hydrogen-bond acceptors (Lipinski definition) is 4. The van der Waals surface area contributed by atoms with Gasteiger partial charge in [-0.1, -0.05) is 29.8 Å². The van der Waals surface area contributed by atoms with Crippen molar-refractivity contribution in [1.29, 1.82) is 0 Å². The lowest BCUT2D eigenvalue weighted by Crippen LogP contribution is -2.28. The maximum atomic E-state index is 12.3. The second-order valence-corrected chi connectivity index (χ2v) is 5.29. The van der Waals surface area contributed by atoms with Gasteiger partial charge in [0.05, 0.1) is 30.3 Å². The molecule has 3 rings (SSSR count). The minimum atomic E-state index is -0.912. The highest BCUT2D eigenvalue weighted by atomic mass is 35.5. The SMILES string of the molecule is O=C(NC[C@H](O)c1ccco1)c1cn[nH]c1-c1ccccc1Cl. The number of carbonyl (C=O) groups is 1. The fourth-order valence-corrected chi connectivity index (χ4v) is 2.42. The van der Waals surface area contributed by atoms with Crippen LogP contribution in [0, 0.1) is 0 Å². The van der Waals surface area contributed by atoms with Crippen LogP contribution in [0.1, 0.15) is 22.2 Å². The third-order valence-electron chi connectivity index (χ3n) is 3.35. The number of rotatable bonds is 5. The molecule has 0 aliphatic carbocycles. The molecule has 0 saturated carbocycles. The predicted molar refractivity (Wildman–Crippen MR) is 85.0 cm³/mol. The lowest BCUT2D eigenvalue weighted by atomic mass is 10.1. The Balaban J connectivity index is 1.74. The van der Waals surface area contributed by atoms with Gasteiger partial charge in [-0.25, -0.2) is 0 Å². The van der Waals surface area contributed by atoms with Crippen LogP contribution in [0.3, 0.4) is 0 Å². The Morgan fingerprint density at radius 3 is 2.91 bits per heavy atom. The molecule has 6 nitrogen and oxygen atoms in total. The average molecular weight is 332 g/mol. The molecule has 0 radical (unpaired) electrons. The molecule has 3 N–H and O–H groups in total. The number of furan rings is 1. The van der Waals surface area contributed by atoms with Crippen molar-refractivity contribution in [1.82, 2.24) is 15.5 Å². The molecule has 0 saturated heterocycles. The lowest BCUT2D eigenvalue weighted by molar-refractivity contribution is 0.0902. The van der Waals surface area contributed by atoms with Crippen LogP contribution in [-0.2, 0) is 0 Å². The van der Waals surface area contributed by atoms with E-state index in [9.17, 15) is 9.90 Å². The first-order chi connectivity index (χ1) is 11.2. The summed E-state index contributed by atoms with van der Waals surface area (Å²) in [5, 5.41) is 19.8. The molecule has 0 aliphatic heterocycles. The number of carbonyl (C=O) groups excluding carboxylic acids is 1. The van der Waals surface area contributed by atoms with E-state index >= 15 is 0 Å². The lowest BCUT2D eigenvalue weighted by Gasteiger charge is -2.10. The van der Waals surface area contributed by atoms with Crippen LogP contribution < -0.4 is 5.32 Å². The number of nitrogens with one attached hydrogen (secondary N) is 2. The molecule has 2 aromatic heterocycles. The van der Waals surface area contributed by atoms with Crippen LogP contribution in [-0.4, -0.2) is 27.8 Å². The number of amides is 1. The number of H-pyrrole nitrogens is 1. The van der Waals surface area contributed by atoms with Crippen molar-refractivity contribution in [3.63, 3.8) is 0 Å². The van der Waals surface area contributed by atoms with E-state index < -0.39 is 6.10 Å². The Labute approximate surface area is 137 Å². The molecule has 0 bridgehead atoms. The van der Waals surface area contributed by atoms with Crippen molar-refractivity contribution in [2.24, 2.45) is 0 Å². The van der Waals surface area contributed by atoms with E-state index in [2.05, 4.69) is 15.5 Å². The van der Waals surface area contributed by atoms with E-state index in [1.165, 1.54) is 12.5 Å². The van der Waals surface area contributed by atoms with Gasteiger partial charge in [-0.3, -0.25) is 9.89 Å². The van der Waals surface area contributed by atoms with Crippen LogP contribution in [0.2, 0.25) is 5.02 Å². The van der Waals surface area contributed by atoms with E-state index in [-0.39, 0.29) is 12.5 Å². The van der Waals surface area contributed by atoms with E-state index in [0.717, 1.165) is 0 Å². The molecule has 118 valence electrons. The van der Waals surface area contributed by atoms with Crippen molar-refractivity contribution in [2.45, 2.75) is 6.10 Å². The topological polar surface area (TPSA) is 91.2 Å². The highest BCUT2D eigenvalue weighted by Gasteiger charge is 2.18. The molecule has 2 heterocycles. The quantitative estimate of drug-likeness (QED) is 0.670. The summed E-state index contributed by atoms with van der Waals surface area (Å²) in [6, 6.07) is 10.5. The van der Waals surface area contributed by atoms with Crippen molar-refractivity contribution >= 4 is 17.5 Å². The summed E-state index contributed by atoms with van der Waals surface area (Å²) in [7, 11) is 0. The van der Waals surface area contributed by atoms with E-state index in [0.29, 0.717) is 27.6 Å². The van der Waals surface area contributed by atoms with Crippen LogP contribution in [0.4, 0.5) is 0 Å². The summed E-state index contributed by atoms with van der Waals surface area (Å²) >= 11 is 6.16. The number of hydrogen-bond donors (Lipinski definition) is 3. The monoisotopic (exact) mass is 331 g/mol. The molecule has 1 atom stereocenters. The molecule has 0 aliphatic rings. The minimum absolute atomic E-state index is 0.0273. The number of aliphatic hydroxyl groups is 1. The average Bonchev–Trinajstić information content (AvgIpc) is 3.24. The van der Waals surface area contributed by atoms with Crippen molar-refractivity contribution in [2.75, 3.05) is 6.54 Å². The van der Waals surface area contributed by atoms with Gasteiger partial charge >= 0.3 is 0 Å². The van der Waals surface area contributed by atoms with E-state index in [4.69, 9.17) is 16.0 Å². The summed E-state index contributed by atoms with van der Waals surface area (Å²) < 4.78 is 5.09. The number of aromatic amines is 1. The molecule has 0 fully saturated rings. The number of nitrogens with zero attached hydrogens (tertiary/aromatic N) is 1. The highest BCUT2D eigenvalue weighted by molar-refractivity contribution is 6.33. The van der Waals surface area contributed by atoms with E-state index in [1.807, 2.05) is 12.1 Å². The Kier molecular flexibility index (Phi) is 4.45. The third-order valence-corrected chi connectivity index (χ3v) is 3.68. The summed E-state index contributed by atoms with van der Waals surface area (Å²) in [5.41, 5.74) is 1.56. The number of benzene rings is 1. The molecular weight excluding hydrogens is 318 g/mol. The Bertz CT molecular complexity index is 799. The predicted octanol–water partition coefficient (Wildman–Crippen LogP) is 2.79. The molecule has 1 amide bonds. The normalized spacial score (nSPS) is 12.1.